The van der Waals surface area contributed by atoms with E-state index in [9.17, 15) is 0 Å². The van der Waals surface area contributed by atoms with Crippen molar-refractivity contribution in [3.8, 4) is 0 Å². The fourth-order valence-corrected chi connectivity index (χ4v) is 2.66. The first-order valence-electron chi connectivity index (χ1n) is 6.30. The van der Waals surface area contributed by atoms with Crippen molar-refractivity contribution in [3.05, 3.63) is 34.5 Å². The van der Waals surface area contributed by atoms with E-state index in [2.05, 4.69) is 28.3 Å². The van der Waals surface area contributed by atoms with Crippen molar-refractivity contribution in [3.63, 3.8) is 0 Å². The van der Waals surface area contributed by atoms with Gasteiger partial charge in [0, 0.05) is 19.1 Å². The van der Waals surface area contributed by atoms with Crippen LogP contribution >= 0.6 is 15.9 Å². The summed E-state index contributed by atoms with van der Waals surface area (Å²) in [6.07, 6.45) is 0.920. The number of halogens is 1. The number of nitrogens with two attached hydrogens (primary N) is 1. The number of para-hydroxylation sites is 1. The summed E-state index contributed by atoms with van der Waals surface area (Å²) in [6, 6.07) is 8.00. The number of rotatable bonds is 6. The molecule has 5 heteroatoms. The first kappa shape index (κ1) is 14.5. The summed E-state index contributed by atoms with van der Waals surface area (Å²) in [5, 5.41) is 1.07. The highest BCUT2D eigenvalue weighted by atomic mass is 79.9. The molecule has 0 spiro atoms. The summed E-state index contributed by atoms with van der Waals surface area (Å²) in [7, 11) is 1.70. The molecular formula is C14H19BrN2O2. The summed E-state index contributed by atoms with van der Waals surface area (Å²) >= 11 is 3.49. The Morgan fingerprint density at radius 3 is 2.89 bits per heavy atom. The standard InChI is InChI=1S/C14H19BrN2O2/c1-9(6-7-18-2)13(17-16)12-8-10-4-3-5-11(15)14(10)19-12/h3-5,8-9,13,17H,6-7,16H2,1-2H3. The first-order valence-corrected chi connectivity index (χ1v) is 7.09. The zero-order valence-corrected chi connectivity index (χ0v) is 12.7. The molecule has 0 fully saturated rings. The number of hydrazine groups is 1. The van der Waals surface area contributed by atoms with Gasteiger partial charge in [0.15, 0.2) is 0 Å². The lowest BCUT2D eigenvalue weighted by Crippen LogP contribution is -2.32. The topological polar surface area (TPSA) is 60.4 Å². The summed E-state index contributed by atoms with van der Waals surface area (Å²) in [6.45, 7) is 2.84. The largest absolute Gasteiger partial charge is 0.458 e. The zero-order chi connectivity index (χ0) is 13.8. The second kappa shape index (κ2) is 6.52. The van der Waals surface area contributed by atoms with Crippen molar-refractivity contribution >= 4 is 26.9 Å². The Labute approximate surface area is 121 Å². The van der Waals surface area contributed by atoms with Crippen LogP contribution in [0.3, 0.4) is 0 Å². The molecular weight excluding hydrogens is 308 g/mol. The highest BCUT2D eigenvalue weighted by molar-refractivity contribution is 9.10. The van der Waals surface area contributed by atoms with Crippen molar-refractivity contribution in [2.45, 2.75) is 19.4 Å². The average Bonchev–Trinajstić information content (AvgIpc) is 2.82. The minimum absolute atomic E-state index is 0.0190. The van der Waals surface area contributed by atoms with Gasteiger partial charge in [0.05, 0.1) is 10.5 Å². The Morgan fingerprint density at radius 2 is 2.26 bits per heavy atom. The molecule has 1 aromatic heterocycles. The second-order valence-corrected chi connectivity index (χ2v) is 5.56. The van der Waals surface area contributed by atoms with Crippen LogP contribution in [0, 0.1) is 5.92 Å². The van der Waals surface area contributed by atoms with E-state index < -0.39 is 0 Å². The van der Waals surface area contributed by atoms with Gasteiger partial charge in [-0.05, 0) is 40.4 Å². The van der Waals surface area contributed by atoms with Crippen LogP contribution in [0.15, 0.2) is 33.2 Å². The van der Waals surface area contributed by atoms with Gasteiger partial charge in [0.25, 0.3) is 0 Å². The van der Waals surface area contributed by atoms with E-state index in [-0.39, 0.29) is 6.04 Å². The van der Waals surface area contributed by atoms with Crippen LogP contribution in [0.5, 0.6) is 0 Å². The first-order chi connectivity index (χ1) is 9.17. The number of nitrogens with one attached hydrogen (secondary N) is 1. The monoisotopic (exact) mass is 326 g/mol. The Hall–Kier alpha value is -0.880. The molecule has 1 aromatic carbocycles. The number of hydrogen-bond acceptors (Lipinski definition) is 4. The predicted octanol–water partition coefficient (Wildman–Crippen LogP) is 3.37. The van der Waals surface area contributed by atoms with Crippen molar-refractivity contribution in [2.24, 2.45) is 11.8 Å². The van der Waals surface area contributed by atoms with Crippen molar-refractivity contribution < 1.29 is 9.15 Å². The molecule has 2 rings (SSSR count). The molecule has 4 nitrogen and oxygen atoms in total. The van der Waals surface area contributed by atoms with Crippen molar-refractivity contribution in [2.75, 3.05) is 13.7 Å². The predicted molar refractivity (Wildman–Crippen MR) is 79.6 cm³/mol. The molecule has 0 saturated carbocycles. The number of hydrogen-bond donors (Lipinski definition) is 2. The van der Waals surface area contributed by atoms with E-state index in [4.69, 9.17) is 15.0 Å². The number of fused-ring (bicyclic) bond motifs is 1. The van der Waals surface area contributed by atoms with E-state index in [0.717, 1.165) is 27.6 Å². The Morgan fingerprint density at radius 1 is 1.47 bits per heavy atom. The zero-order valence-electron chi connectivity index (χ0n) is 11.2. The molecule has 1 heterocycles. The van der Waals surface area contributed by atoms with Crippen molar-refractivity contribution in [1.82, 2.24) is 5.43 Å². The third-order valence-corrected chi connectivity index (χ3v) is 3.97. The van der Waals surface area contributed by atoms with Gasteiger partial charge < -0.3 is 9.15 Å². The van der Waals surface area contributed by atoms with Crippen LogP contribution in [-0.4, -0.2) is 13.7 Å². The Kier molecular flexibility index (Phi) is 4.99. The Bertz CT molecular complexity index is 541. The average molecular weight is 327 g/mol. The highest BCUT2D eigenvalue weighted by Gasteiger charge is 2.22. The maximum atomic E-state index is 5.92. The summed E-state index contributed by atoms with van der Waals surface area (Å²) in [5.74, 6) is 6.85. The van der Waals surface area contributed by atoms with Crippen LogP contribution < -0.4 is 11.3 Å². The van der Waals surface area contributed by atoms with Gasteiger partial charge in [-0.25, -0.2) is 5.43 Å². The van der Waals surface area contributed by atoms with Gasteiger partial charge >= 0.3 is 0 Å². The van der Waals surface area contributed by atoms with Crippen LogP contribution in [0.2, 0.25) is 0 Å². The lowest BCUT2D eigenvalue weighted by molar-refractivity contribution is 0.167. The van der Waals surface area contributed by atoms with Crippen molar-refractivity contribution in [1.29, 1.82) is 0 Å². The van der Waals surface area contributed by atoms with E-state index in [1.807, 2.05) is 24.3 Å². The quantitative estimate of drug-likeness (QED) is 0.631. The second-order valence-electron chi connectivity index (χ2n) is 4.71. The van der Waals surface area contributed by atoms with Crippen LogP contribution in [0.1, 0.15) is 25.1 Å². The van der Waals surface area contributed by atoms with Gasteiger partial charge in [0.2, 0.25) is 0 Å². The van der Waals surface area contributed by atoms with Gasteiger partial charge in [-0.1, -0.05) is 19.1 Å². The number of methoxy groups -OCH3 is 1. The maximum absolute atomic E-state index is 5.92. The molecule has 19 heavy (non-hydrogen) atoms. The number of furan rings is 1. The summed E-state index contributed by atoms with van der Waals surface area (Å²) in [4.78, 5) is 0. The normalized spacial score (nSPS) is 14.7. The van der Waals surface area contributed by atoms with Gasteiger partial charge in [-0.3, -0.25) is 5.84 Å². The SMILES string of the molecule is COCCC(C)C(NN)c1cc2cccc(Br)c2o1. The third kappa shape index (κ3) is 3.17. The molecule has 2 aromatic rings. The maximum Gasteiger partial charge on any atom is 0.148 e. The summed E-state index contributed by atoms with van der Waals surface area (Å²) in [5.41, 5.74) is 3.70. The van der Waals surface area contributed by atoms with Crippen LogP contribution in [0.4, 0.5) is 0 Å². The molecule has 0 amide bonds. The molecule has 0 saturated heterocycles. The molecule has 0 aliphatic rings. The molecule has 0 radical (unpaired) electrons. The van der Waals surface area contributed by atoms with E-state index in [1.165, 1.54) is 0 Å². The Balaban J connectivity index is 2.27. The van der Waals surface area contributed by atoms with Gasteiger partial charge in [-0.2, -0.15) is 0 Å². The molecule has 3 N–H and O–H groups in total. The molecule has 2 atom stereocenters. The van der Waals surface area contributed by atoms with Gasteiger partial charge in [-0.15, -0.1) is 0 Å². The minimum Gasteiger partial charge on any atom is -0.458 e. The van der Waals surface area contributed by atoms with E-state index in [1.54, 1.807) is 7.11 Å². The van der Waals surface area contributed by atoms with Crippen LogP contribution in [-0.2, 0) is 4.74 Å². The summed E-state index contributed by atoms with van der Waals surface area (Å²) < 4.78 is 12.0. The van der Waals surface area contributed by atoms with Gasteiger partial charge in [0.1, 0.15) is 11.3 Å². The van der Waals surface area contributed by atoms with Crippen LogP contribution in [0.25, 0.3) is 11.0 Å². The lowest BCUT2D eigenvalue weighted by Gasteiger charge is -2.20. The molecule has 0 aliphatic carbocycles. The fourth-order valence-electron chi connectivity index (χ4n) is 2.20. The van der Waals surface area contributed by atoms with E-state index in [0.29, 0.717) is 12.5 Å². The smallest absolute Gasteiger partial charge is 0.148 e. The molecule has 104 valence electrons. The molecule has 0 aliphatic heterocycles. The highest BCUT2D eigenvalue weighted by Crippen LogP contribution is 2.32. The molecule has 0 bridgehead atoms. The lowest BCUT2D eigenvalue weighted by atomic mass is 9.97. The number of ether oxygens (including phenoxy) is 1. The third-order valence-electron chi connectivity index (χ3n) is 3.35. The number of benzene rings is 1. The van der Waals surface area contributed by atoms with E-state index >= 15 is 0 Å². The minimum atomic E-state index is -0.0190. The molecule has 2 unspecified atom stereocenters. The fraction of sp³-hybridized carbons (Fsp3) is 0.429.